The lowest BCUT2D eigenvalue weighted by Gasteiger charge is -2.53. The van der Waals surface area contributed by atoms with Crippen LogP contribution in [0.3, 0.4) is 0 Å². The first-order chi connectivity index (χ1) is 10.9. The Morgan fingerprint density at radius 2 is 1.58 bits per heavy atom. The number of hydrogen-bond donors (Lipinski definition) is 2. The topological polar surface area (TPSA) is 57.5 Å². The normalized spacial score (nSPS) is 31.8. The summed E-state index contributed by atoms with van der Waals surface area (Å²) in [6.45, 7) is 11.1. The van der Waals surface area contributed by atoms with Gasteiger partial charge < -0.3 is 10.2 Å². The molecule has 0 aliphatic heterocycles. The first-order valence-corrected chi connectivity index (χ1v) is 8.59. The van der Waals surface area contributed by atoms with Crippen LogP contribution in [0.25, 0.3) is 0 Å². The van der Waals surface area contributed by atoms with Crippen LogP contribution in [0.2, 0.25) is 0 Å². The van der Waals surface area contributed by atoms with E-state index < -0.39 is 11.2 Å². The number of carbonyl (C=O) groups is 1. The maximum atomic E-state index is 11.2. The molecule has 0 aromatic carbocycles. The molecular formula is C21H32O3. The molecule has 2 unspecified atom stereocenters. The SMILES string of the molecule is CC(=O)/C=C(C)/C=C/C=C(C)/C=C/C1(O)C(C)(C)CCCC1(C)O. The Morgan fingerprint density at radius 3 is 2.12 bits per heavy atom. The molecular weight excluding hydrogens is 300 g/mol. The van der Waals surface area contributed by atoms with Crippen molar-refractivity contribution >= 4 is 5.78 Å². The second-order valence-corrected chi connectivity index (χ2v) is 7.88. The quantitative estimate of drug-likeness (QED) is 0.584. The fraction of sp³-hybridized carbons (Fsp3) is 0.571. The van der Waals surface area contributed by atoms with E-state index in [9.17, 15) is 15.0 Å². The Hall–Kier alpha value is -1.45. The Morgan fingerprint density at radius 1 is 0.958 bits per heavy atom. The van der Waals surface area contributed by atoms with E-state index in [0.29, 0.717) is 6.42 Å². The number of allylic oxidation sites excluding steroid dienone is 7. The van der Waals surface area contributed by atoms with Gasteiger partial charge in [0, 0.05) is 0 Å². The van der Waals surface area contributed by atoms with Crippen molar-refractivity contribution in [1.82, 2.24) is 0 Å². The van der Waals surface area contributed by atoms with Gasteiger partial charge in [-0.15, -0.1) is 0 Å². The van der Waals surface area contributed by atoms with Gasteiger partial charge >= 0.3 is 0 Å². The minimum Gasteiger partial charge on any atom is -0.387 e. The molecule has 0 heterocycles. The summed E-state index contributed by atoms with van der Waals surface area (Å²) in [7, 11) is 0. The van der Waals surface area contributed by atoms with E-state index in [0.717, 1.165) is 24.0 Å². The molecule has 0 aromatic heterocycles. The van der Waals surface area contributed by atoms with Gasteiger partial charge in [0.15, 0.2) is 5.78 Å². The summed E-state index contributed by atoms with van der Waals surface area (Å²) >= 11 is 0. The second-order valence-electron chi connectivity index (χ2n) is 7.88. The van der Waals surface area contributed by atoms with Gasteiger partial charge in [-0.05, 0) is 70.1 Å². The van der Waals surface area contributed by atoms with E-state index >= 15 is 0 Å². The predicted octanol–water partition coefficient (Wildman–Crippen LogP) is 4.27. The van der Waals surface area contributed by atoms with Crippen molar-refractivity contribution in [2.45, 2.75) is 72.0 Å². The lowest BCUT2D eigenvalue weighted by atomic mass is 9.58. The van der Waals surface area contributed by atoms with Crippen molar-refractivity contribution in [3.63, 3.8) is 0 Å². The minimum absolute atomic E-state index is 0.0294. The summed E-state index contributed by atoms with van der Waals surface area (Å²) in [4.78, 5) is 11.0. The standard InChI is InChI=1S/C21H32O3/c1-16(9-7-10-17(2)15-18(3)22)11-14-21(24)19(4,5)12-8-13-20(21,6)23/h7,9-11,14-15,23-24H,8,12-13H2,1-6H3/b10-7+,14-11+,16-9+,17-15+. The summed E-state index contributed by atoms with van der Waals surface area (Å²) in [6.07, 6.45) is 13.2. The number of aliphatic hydroxyl groups is 2. The molecule has 1 aliphatic rings. The molecule has 1 rings (SSSR count). The van der Waals surface area contributed by atoms with Crippen LogP contribution < -0.4 is 0 Å². The highest BCUT2D eigenvalue weighted by Crippen LogP contribution is 2.50. The molecule has 0 saturated heterocycles. The maximum absolute atomic E-state index is 11.2. The van der Waals surface area contributed by atoms with Crippen LogP contribution in [-0.2, 0) is 4.79 Å². The highest BCUT2D eigenvalue weighted by atomic mass is 16.4. The van der Waals surface area contributed by atoms with Gasteiger partial charge in [-0.1, -0.05) is 43.7 Å². The van der Waals surface area contributed by atoms with Crippen LogP contribution in [0.5, 0.6) is 0 Å². The number of rotatable bonds is 5. The van der Waals surface area contributed by atoms with Crippen LogP contribution in [0.4, 0.5) is 0 Å². The molecule has 0 amide bonds. The van der Waals surface area contributed by atoms with Crippen LogP contribution in [0, 0.1) is 5.41 Å². The van der Waals surface area contributed by atoms with Gasteiger partial charge in [-0.3, -0.25) is 4.79 Å². The predicted molar refractivity (Wildman–Crippen MR) is 99.7 cm³/mol. The molecule has 0 bridgehead atoms. The zero-order valence-electron chi connectivity index (χ0n) is 15.9. The summed E-state index contributed by atoms with van der Waals surface area (Å²) in [5.41, 5.74) is -0.927. The van der Waals surface area contributed by atoms with Crippen LogP contribution in [0.1, 0.15) is 60.8 Å². The minimum atomic E-state index is -1.26. The number of hydrogen-bond acceptors (Lipinski definition) is 3. The van der Waals surface area contributed by atoms with Crippen molar-refractivity contribution in [1.29, 1.82) is 0 Å². The maximum Gasteiger partial charge on any atom is 0.152 e. The molecule has 0 aromatic rings. The van der Waals surface area contributed by atoms with Gasteiger partial charge in [-0.25, -0.2) is 0 Å². The highest BCUT2D eigenvalue weighted by molar-refractivity contribution is 5.88. The van der Waals surface area contributed by atoms with E-state index in [1.165, 1.54) is 6.92 Å². The third-order valence-corrected chi connectivity index (χ3v) is 5.05. The Kier molecular flexibility index (Phi) is 6.54. The van der Waals surface area contributed by atoms with Crippen molar-refractivity contribution < 1.29 is 15.0 Å². The molecule has 24 heavy (non-hydrogen) atoms. The van der Waals surface area contributed by atoms with E-state index in [1.807, 2.05) is 52.0 Å². The van der Waals surface area contributed by atoms with Crippen molar-refractivity contribution in [2.75, 3.05) is 0 Å². The van der Waals surface area contributed by atoms with Crippen LogP contribution >= 0.6 is 0 Å². The average molecular weight is 332 g/mol. The van der Waals surface area contributed by atoms with Gasteiger partial charge in [0.1, 0.15) is 5.60 Å². The van der Waals surface area contributed by atoms with E-state index in [2.05, 4.69) is 0 Å². The fourth-order valence-corrected chi connectivity index (χ4v) is 3.42. The van der Waals surface area contributed by atoms with E-state index in [-0.39, 0.29) is 11.2 Å². The summed E-state index contributed by atoms with van der Waals surface area (Å²) in [5, 5.41) is 21.9. The van der Waals surface area contributed by atoms with Crippen molar-refractivity contribution in [3.05, 3.63) is 47.6 Å². The van der Waals surface area contributed by atoms with Gasteiger partial charge in [0.2, 0.25) is 0 Å². The van der Waals surface area contributed by atoms with Crippen molar-refractivity contribution in [2.24, 2.45) is 5.41 Å². The highest BCUT2D eigenvalue weighted by Gasteiger charge is 2.56. The molecule has 3 nitrogen and oxygen atoms in total. The lowest BCUT2D eigenvalue weighted by Crippen LogP contribution is -2.62. The summed E-state index contributed by atoms with van der Waals surface area (Å²) in [5.74, 6) is 0.0294. The molecule has 134 valence electrons. The Balaban J connectivity index is 2.95. The van der Waals surface area contributed by atoms with E-state index in [4.69, 9.17) is 0 Å². The summed E-state index contributed by atoms with van der Waals surface area (Å²) in [6, 6.07) is 0. The number of ketones is 1. The van der Waals surface area contributed by atoms with Crippen LogP contribution in [0.15, 0.2) is 47.6 Å². The molecule has 0 spiro atoms. The largest absolute Gasteiger partial charge is 0.387 e. The Labute approximate surface area is 146 Å². The second kappa shape index (κ2) is 7.62. The van der Waals surface area contributed by atoms with Gasteiger partial charge in [-0.2, -0.15) is 0 Å². The molecule has 1 aliphatic carbocycles. The van der Waals surface area contributed by atoms with Crippen molar-refractivity contribution in [3.8, 4) is 0 Å². The first-order valence-electron chi connectivity index (χ1n) is 8.59. The lowest BCUT2D eigenvalue weighted by molar-refractivity contribution is -0.194. The summed E-state index contributed by atoms with van der Waals surface area (Å²) < 4.78 is 0. The smallest absolute Gasteiger partial charge is 0.152 e. The zero-order valence-corrected chi connectivity index (χ0v) is 15.9. The molecule has 1 fully saturated rings. The third kappa shape index (κ3) is 4.78. The fourth-order valence-electron chi connectivity index (χ4n) is 3.42. The Bertz CT molecular complexity index is 570. The van der Waals surface area contributed by atoms with Gasteiger partial charge in [0.05, 0.1) is 5.60 Å². The molecule has 1 saturated carbocycles. The monoisotopic (exact) mass is 332 g/mol. The molecule has 2 atom stereocenters. The average Bonchev–Trinajstić information content (AvgIpc) is 2.41. The third-order valence-electron chi connectivity index (χ3n) is 5.05. The molecule has 2 N–H and O–H groups in total. The number of carbonyl (C=O) groups excluding carboxylic acids is 1. The van der Waals surface area contributed by atoms with Crippen LogP contribution in [-0.4, -0.2) is 27.2 Å². The molecule has 0 radical (unpaired) electrons. The molecule has 3 heteroatoms. The first kappa shape index (κ1) is 20.6. The van der Waals surface area contributed by atoms with E-state index in [1.54, 1.807) is 19.1 Å². The zero-order chi connectivity index (χ0) is 18.6. The van der Waals surface area contributed by atoms with Gasteiger partial charge in [0.25, 0.3) is 0 Å².